The summed E-state index contributed by atoms with van der Waals surface area (Å²) in [7, 11) is 1.64. The molecule has 0 radical (unpaired) electrons. The van der Waals surface area contributed by atoms with Gasteiger partial charge in [0.25, 0.3) is 5.56 Å². The van der Waals surface area contributed by atoms with Crippen molar-refractivity contribution in [1.29, 1.82) is 0 Å². The van der Waals surface area contributed by atoms with Crippen molar-refractivity contribution in [3.63, 3.8) is 0 Å². The summed E-state index contributed by atoms with van der Waals surface area (Å²) < 4.78 is 9.24. The van der Waals surface area contributed by atoms with Crippen LogP contribution in [0.5, 0.6) is 5.75 Å². The first kappa shape index (κ1) is 22.1. The van der Waals surface area contributed by atoms with E-state index in [2.05, 4.69) is 6.92 Å². The summed E-state index contributed by atoms with van der Waals surface area (Å²) in [6.45, 7) is 4.89. The topological polar surface area (TPSA) is 74.8 Å². The number of hydrogen-bond donors (Lipinski definition) is 0. The largest absolute Gasteiger partial charge is 0.497 e. The Labute approximate surface area is 198 Å². The molecule has 0 saturated heterocycles. The lowest BCUT2D eigenvalue weighted by Crippen LogP contribution is -2.25. The van der Waals surface area contributed by atoms with Crippen LogP contribution in [0.2, 0.25) is 0 Å². The number of benzene rings is 2. The van der Waals surface area contributed by atoms with E-state index in [1.54, 1.807) is 7.11 Å². The molecule has 0 N–H and O–H groups in total. The van der Waals surface area contributed by atoms with Gasteiger partial charge in [0.1, 0.15) is 22.5 Å². The maximum Gasteiger partial charge on any atom is 0.265 e. The van der Waals surface area contributed by atoms with Crippen LogP contribution in [-0.4, -0.2) is 31.2 Å². The molecule has 174 valence electrons. The van der Waals surface area contributed by atoms with Gasteiger partial charge in [0.05, 0.1) is 23.8 Å². The monoisotopic (exact) mass is 455 g/mol. The van der Waals surface area contributed by atoms with E-state index < -0.39 is 0 Å². The van der Waals surface area contributed by atoms with E-state index in [1.165, 1.54) is 6.42 Å². The Morgan fingerprint density at radius 2 is 1.68 bits per heavy atom. The fourth-order valence-corrected chi connectivity index (χ4v) is 4.56. The van der Waals surface area contributed by atoms with Gasteiger partial charge >= 0.3 is 0 Å². The zero-order chi connectivity index (χ0) is 23.7. The second-order valence-electron chi connectivity index (χ2n) is 8.52. The van der Waals surface area contributed by atoms with Gasteiger partial charge in [-0.15, -0.1) is 0 Å². The fraction of sp³-hybridized carbons (Fsp3) is 0.333. The average Bonchev–Trinajstić information content (AvgIpc) is 3.19. The highest BCUT2D eigenvalue weighted by atomic mass is 16.5. The van der Waals surface area contributed by atoms with Crippen molar-refractivity contribution in [2.45, 2.75) is 52.5 Å². The molecule has 3 aromatic heterocycles. The number of rotatable bonds is 8. The lowest BCUT2D eigenvalue weighted by Gasteiger charge is -2.12. The first-order valence-corrected chi connectivity index (χ1v) is 12.0. The second kappa shape index (κ2) is 9.25. The van der Waals surface area contributed by atoms with Gasteiger partial charge in [-0.2, -0.15) is 0 Å². The summed E-state index contributed by atoms with van der Waals surface area (Å²) in [5, 5.41) is 0.517. The Hall–Kier alpha value is -3.74. The minimum atomic E-state index is -0.0467. The van der Waals surface area contributed by atoms with Crippen LogP contribution >= 0.6 is 0 Å². The molecule has 0 bridgehead atoms. The van der Waals surface area contributed by atoms with Crippen LogP contribution < -0.4 is 10.3 Å². The fourth-order valence-electron chi connectivity index (χ4n) is 4.56. The number of ether oxygens (including phenoxy) is 1. The Morgan fingerprint density at radius 3 is 2.41 bits per heavy atom. The molecule has 34 heavy (non-hydrogen) atoms. The highest BCUT2D eigenvalue weighted by Crippen LogP contribution is 2.30. The predicted molar refractivity (Wildman–Crippen MR) is 136 cm³/mol. The Bertz CT molecular complexity index is 1550. The van der Waals surface area contributed by atoms with Crippen LogP contribution in [-0.2, 0) is 13.0 Å². The lowest BCUT2D eigenvalue weighted by atomic mass is 10.2. The number of fused-ring (bicyclic) bond motifs is 4. The summed E-state index contributed by atoms with van der Waals surface area (Å²) in [6.07, 6.45) is 5.04. The molecule has 5 rings (SSSR count). The third kappa shape index (κ3) is 3.71. The molecule has 0 amide bonds. The van der Waals surface area contributed by atoms with Crippen LogP contribution in [0.25, 0.3) is 38.9 Å². The Morgan fingerprint density at radius 1 is 0.882 bits per heavy atom. The first-order chi connectivity index (χ1) is 16.7. The molecule has 0 fully saturated rings. The minimum absolute atomic E-state index is 0.0467. The molecule has 7 nitrogen and oxygen atoms in total. The van der Waals surface area contributed by atoms with Crippen LogP contribution in [0.4, 0.5) is 0 Å². The van der Waals surface area contributed by atoms with Gasteiger partial charge in [-0.3, -0.25) is 13.9 Å². The Kier molecular flexibility index (Phi) is 6.01. The van der Waals surface area contributed by atoms with Crippen LogP contribution in [0.15, 0.2) is 53.3 Å². The summed E-state index contributed by atoms with van der Waals surface area (Å²) in [4.78, 5) is 28.7. The van der Waals surface area contributed by atoms with Crippen molar-refractivity contribution in [3.8, 4) is 11.4 Å². The van der Waals surface area contributed by atoms with Gasteiger partial charge in [0, 0.05) is 19.0 Å². The molecule has 0 atom stereocenters. The van der Waals surface area contributed by atoms with E-state index in [-0.39, 0.29) is 5.56 Å². The average molecular weight is 456 g/mol. The number of unbranched alkanes of at least 4 members (excludes halogenated alkanes) is 3. The number of methoxy groups -OCH3 is 1. The zero-order valence-corrected chi connectivity index (χ0v) is 19.9. The number of para-hydroxylation sites is 2. The quantitative estimate of drug-likeness (QED) is 0.292. The standard InChI is InChI=1S/C27H29N5O2/c1-4-6-7-10-16-31-22(5-2)30-25-23(27(31)33)24-26(29-21-15-9-8-14-20(21)28-24)32(25)18-12-11-13-19(17-18)34-3/h8-9,11-15,17H,4-7,10,16H2,1-3H3. The van der Waals surface area contributed by atoms with Crippen molar-refractivity contribution in [2.24, 2.45) is 0 Å². The van der Waals surface area contributed by atoms with E-state index in [0.29, 0.717) is 35.2 Å². The third-order valence-electron chi connectivity index (χ3n) is 6.30. The van der Waals surface area contributed by atoms with Gasteiger partial charge in [-0.05, 0) is 30.7 Å². The summed E-state index contributed by atoms with van der Waals surface area (Å²) in [5.41, 5.74) is 4.11. The molecule has 0 aliphatic carbocycles. The molecule has 0 saturated carbocycles. The predicted octanol–water partition coefficient (Wildman–Crippen LogP) is 5.43. The van der Waals surface area contributed by atoms with Crippen molar-refractivity contribution in [2.75, 3.05) is 7.11 Å². The van der Waals surface area contributed by atoms with Gasteiger partial charge < -0.3 is 4.74 Å². The molecule has 0 aliphatic rings. The van der Waals surface area contributed by atoms with E-state index in [1.807, 2.05) is 64.6 Å². The van der Waals surface area contributed by atoms with Crippen molar-refractivity contribution in [3.05, 3.63) is 64.7 Å². The van der Waals surface area contributed by atoms with Crippen molar-refractivity contribution in [1.82, 2.24) is 24.1 Å². The van der Waals surface area contributed by atoms with Crippen molar-refractivity contribution < 1.29 is 4.74 Å². The third-order valence-corrected chi connectivity index (χ3v) is 6.30. The first-order valence-electron chi connectivity index (χ1n) is 12.0. The van der Waals surface area contributed by atoms with E-state index in [9.17, 15) is 4.79 Å². The highest BCUT2D eigenvalue weighted by Gasteiger charge is 2.22. The van der Waals surface area contributed by atoms with Crippen LogP contribution in [0.1, 0.15) is 45.4 Å². The summed E-state index contributed by atoms with van der Waals surface area (Å²) in [6, 6.07) is 15.5. The van der Waals surface area contributed by atoms with Crippen LogP contribution in [0, 0.1) is 0 Å². The highest BCUT2D eigenvalue weighted by molar-refractivity contribution is 6.05. The second-order valence-corrected chi connectivity index (χ2v) is 8.52. The number of nitrogens with zero attached hydrogens (tertiary/aromatic N) is 5. The lowest BCUT2D eigenvalue weighted by molar-refractivity contribution is 0.414. The minimum Gasteiger partial charge on any atom is -0.497 e. The molecule has 0 spiro atoms. The summed E-state index contributed by atoms with van der Waals surface area (Å²) >= 11 is 0. The SMILES string of the molecule is CCCCCCn1c(CC)nc2c(c1=O)c1nc3ccccc3nc1n2-c1cccc(OC)c1. The molecule has 5 aromatic rings. The maximum absolute atomic E-state index is 13.9. The number of hydrogen-bond acceptors (Lipinski definition) is 5. The molecular formula is C27H29N5O2. The normalized spacial score (nSPS) is 11.6. The molecular weight excluding hydrogens is 426 g/mol. The molecule has 2 aromatic carbocycles. The zero-order valence-electron chi connectivity index (χ0n) is 19.9. The van der Waals surface area contributed by atoms with Gasteiger partial charge in [-0.1, -0.05) is 51.3 Å². The van der Waals surface area contributed by atoms with E-state index in [4.69, 9.17) is 19.7 Å². The molecule has 3 heterocycles. The van der Waals surface area contributed by atoms with Gasteiger partial charge in [0.2, 0.25) is 0 Å². The van der Waals surface area contributed by atoms with E-state index >= 15 is 0 Å². The van der Waals surface area contributed by atoms with Crippen molar-refractivity contribution >= 4 is 33.2 Å². The Balaban J connectivity index is 1.85. The molecule has 0 aliphatic heterocycles. The maximum atomic E-state index is 13.9. The van der Waals surface area contributed by atoms with Gasteiger partial charge in [-0.25, -0.2) is 15.0 Å². The number of aromatic nitrogens is 5. The number of aryl methyl sites for hydroxylation is 1. The van der Waals surface area contributed by atoms with Crippen LogP contribution in [0.3, 0.4) is 0 Å². The summed E-state index contributed by atoms with van der Waals surface area (Å²) in [5.74, 6) is 1.51. The van der Waals surface area contributed by atoms with E-state index in [0.717, 1.165) is 47.6 Å². The smallest absolute Gasteiger partial charge is 0.265 e. The molecule has 0 unspecified atom stereocenters. The van der Waals surface area contributed by atoms with Gasteiger partial charge in [0.15, 0.2) is 11.3 Å². The molecule has 7 heteroatoms.